The summed E-state index contributed by atoms with van der Waals surface area (Å²) in [5, 5.41) is 1.61. The second-order valence-electron chi connectivity index (χ2n) is 5.93. The number of halogens is 3. The summed E-state index contributed by atoms with van der Waals surface area (Å²) in [5.74, 6) is 0. The van der Waals surface area contributed by atoms with Crippen LogP contribution in [-0.2, 0) is 0 Å². The van der Waals surface area contributed by atoms with Gasteiger partial charge in [0.1, 0.15) is 0 Å². The Morgan fingerprint density at radius 3 is 2.17 bits per heavy atom. The predicted octanol–water partition coefficient (Wildman–Crippen LogP) is 6.38. The van der Waals surface area contributed by atoms with Crippen molar-refractivity contribution in [1.29, 1.82) is 0 Å². The standard InChI is InChI=1S/C19H21Cl2N.ClH/c20-16-9-7-8-15(14-16)19(17-10-3-4-11-18(17)21)22-12-5-1-2-6-13-22;/h3-4,7-11,14,19H,1-2,5-6,12-13H2;1H. The average molecular weight is 371 g/mol. The van der Waals surface area contributed by atoms with Gasteiger partial charge in [0.25, 0.3) is 0 Å². The van der Waals surface area contributed by atoms with Crippen molar-refractivity contribution in [3.05, 3.63) is 69.7 Å². The van der Waals surface area contributed by atoms with Crippen LogP contribution >= 0.6 is 35.6 Å². The number of hydrogen-bond donors (Lipinski definition) is 0. The highest BCUT2D eigenvalue weighted by Crippen LogP contribution is 2.35. The SMILES string of the molecule is Cl.Clc1cccc(C(c2ccccc2Cl)N2CCCCCC2)c1. The highest BCUT2D eigenvalue weighted by molar-refractivity contribution is 6.31. The van der Waals surface area contributed by atoms with E-state index in [1.165, 1.54) is 36.8 Å². The van der Waals surface area contributed by atoms with Crippen LogP contribution in [0.25, 0.3) is 0 Å². The van der Waals surface area contributed by atoms with Crippen molar-refractivity contribution in [3.8, 4) is 0 Å². The van der Waals surface area contributed by atoms with Crippen LogP contribution in [0, 0.1) is 0 Å². The van der Waals surface area contributed by atoms with Gasteiger partial charge in [0.05, 0.1) is 6.04 Å². The fourth-order valence-electron chi connectivity index (χ4n) is 3.31. The molecule has 0 saturated carbocycles. The average Bonchev–Trinajstić information content (AvgIpc) is 2.79. The molecule has 0 spiro atoms. The normalized spacial score (nSPS) is 17.1. The van der Waals surface area contributed by atoms with Crippen LogP contribution in [0.4, 0.5) is 0 Å². The molecule has 1 nitrogen and oxygen atoms in total. The molecule has 1 fully saturated rings. The van der Waals surface area contributed by atoms with Gasteiger partial charge in [-0.3, -0.25) is 4.90 Å². The van der Waals surface area contributed by atoms with Crippen LogP contribution in [0.3, 0.4) is 0 Å². The Bertz CT molecular complexity index is 622. The third kappa shape index (κ3) is 4.64. The molecule has 0 amide bonds. The number of hydrogen-bond acceptors (Lipinski definition) is 1. The molecule has 1 aliphatic rings. The van der Waals surface area contributed by atoms with E-state index in [0.29, 0.717) is 0 Å². The lowest BCUT2D eigenvalue weighted by Gasteiger charge is -2.32. The van der Waals surface area contributed by atoms with E-state index in [1.54, 1.807) is 0 Å². The first-order chi connectivity index (χ1) is 10.8. The molecule has 1 heterocycles. The molecule has 0 radical (unpaired) electrons. The lowest BCUT2D eigenvalue weighted by atomic mass is 9.96. The summed E-state index contributed by atoms with van der Waals surface area (Å²) in [6.45, 7) is 2.23. The third-order valence-electron chi connectivity index (χ3n) is 4.37. The van der Waals surface area contributed by atoms with Crippen LogP contribution < -0.4 is 0 Å². The quantitative estimate of drug-likeness (QED) is 0.606. The monoisotopic (exact) mass is 369 g/mol. The van der Waals surface area contributed by atoms with E-state index in [2.05, 4.69) is 29.2 Å². The summed E-state index contributed by atoms with van der Waals surface area (Å²) >= 11 is 12.7. The molecule has 1 atom stereocenters. The molecule has 1 aliphatic heterocycles. The minimum atomic E-state index is 0. The third-order valence-corrected chi connectivity index (χ3v) is 4.95. The molecule has 23 heavy (non-hydrogen) atoms. The Kier molecular flexibility index (Phi) is 7.23. The summed E-state index contributed by atoms with van der Waals surface area (Å²) in [6.07, 6.45) is 5.14. The second kappa shape index (κ2) is 8.94. The first-order valence-electron chi connectivity index (χ1n) is 7.99. The smallest absolute Gasteiger partial charge is 0.0617 e. The molecule has 0 aliphatic carbocycles. The first kappa shape index (κ1) is 18.6. The summed E-state index contributed by atoms with van der Waals surface area (Å²) in [7, 11) is 0. The van der Waals surface area contributed by atoms with Crippen molar-refractivity contribution in [2.24, 2.45) is 0 Å². The van der Waals surface area contributed by atoms with Crippen LogP contribution in [0.1, 0.15) is 42.9 Å². The van der Waals surface area contributed by atoms with E-state index in [-0.39, 0.29) is 18.4 Å². The minimum absolute atomic E-state index is 0. The summed E-state index contributed by atoms with van der Waals surface area (Å²) in [5.41, 5.74) is 2.40. The van der Waals surface area contributed by atoms with E-state index in [1.807, 2.05) is 24.3 Å². The van der Waals surface area contributed by atoms with Gasteiger partial charge in [-0.25, -0.2) is 0 Å². The minimum Gasteiger partial charge on any atom is -0.292 e. The zero-order valence-electron chi connectivity index (χ0n) is 13.1. The van der Waals surface area contributed by atoms with Crippen molar-refractivity contribution in [3.63, 3.8) is 0 Å². The van der Waals surface area contributed by atoms with Gasteiger partial charge in [0.15, 0.2) is 0 Å². The van der Waals surface area contributed by atoms with Gasteiger partial charge in [-0.2, -0.15) is 0 Å². The summed E-state index contributed by atoms with van der Waals surface area (Å²) < 4.78 is 0. The van der Waals surface area contributed by atoms with Gasteiger partial charge < -0.3 is 0 Å². The van der Waals surface area contributed by atoms with Crippen LogP contribution in [-0.4, -0.2) is 18.0 Å². The molecule has 0 N–H and O–H groups in total. The molecule has 124 valence electrons. The fourth-order valence-corrected chi connectivity index (χ4v) is 3.75. The molecule has 2 aromatic carbocycles. The number of benzene rings is 2. The zero-order chi connectivity index (χ0) is 15.4. The van der Waals surface area contributed by atoms with E-state index < -0.39 is 0 Å². The fraction of sp³-hybridized carbons (Fsp3) is 0.368. The van der Waals surface area contributed by atoms with Gasteiger partial charge >= 0.3 is 0 Å². The summed E-state index contributed by atoms with van der Waals surface area (Å²) in [6, 6.07) is 16.5. The lowest BCUT2D eigenvalue weighted by Crippen LogP contribution is -2.30. The molecular formula is C19H22Cl3N. The van der Waals surface area contributed by atoms with Gasteiger partial charge in [0, 0.05) is 10.0 Å². The van der Waals surface area contributed by atoms with Gasteiger partial charge in [-0.15, -0.1) is 12.4 Å². The van der Waals surface area contributed by atoms with E-state index in [4.69, 9.17) is 23.2 Å². The van der Waals surface area contributed by atoms with E-state index in [0.717, 1.165) is 23.1 Å². The molecule has 3 rings (SSSR count). The summed E-state index contributed by atoms with van der Waals surface area (Å²) in [4.78, 5) is 2.56. The molecule has 0 aromatic heterocycles. The number of rotatable bonds is 3. The maximum absolute atomic E-state index is 6.51. The van der Waals surface area contributed by atoms with E-state index in [9.17, 15) is 0 Å². The number of nitrogens with zero attached hydrogens (tertiary/aromatic N) is 1. The van der Waals surface area contributed by atoms with Crippen molar-refractivity contribution in [2.45, 2.75) is 31.7 Å². The van der Waals surface area contributed by atoms with E-state index >= 15 is 0 Å². The highest BCUT2D eigenvalue weighted by atomic mass is 35.5. The Morgan fingerprint density at radius 1 is 0.826 bits per heavy atom. The van der Waals surface area contributed by atoms with Crippen molar-refractivity contribution in [1.82, 2.24) is 4.90 Å². The van der Waals surface area contributed by atoms with Crippen molar-refractivity contribution in [2.75, 3.05) is 13.1 Å². The predicted molar refractivity (Wildman–Crippen MR) is 102 cm³/mol. The largest absolute Gasteiger partial charge is 0.292 e. The lowest BCUT2D eigenvalue weighted by molar-refractivity contribution is 0.235. The highest BCUT2D eigenvalue weighted by Gasteiger charge is 2.25. The molecule has 2 aromatic rings. The van der Waals surface area contributed by atoms with Gasteiger partial charge in [-0.1, -0.05) is 66.4 Å². The van der Waals surface area contributed by atoms with Crippen LogP contribution in [0.15, 0.2) is 48.5 Å². The zero-order valence-corrected chi connectivity index (χ0v) is 15.4. The first-order valence-corrected chi connectivity index (χ1v) is 8.75. The van der Waals surface area contributed by atoms with Crippen LogP contribution in [0.2, 0.25) is 10.0 Å². The number of likely N-dealkylation sites (tertiary alicyclic amines) is 1. The molecule has 1 unspecified atom stereocenters. The maximum atomic E-state index is 6.51. The Morgan fingerprint density at radius 2 is 1.52 bits per heavy atom. The van der Waals surface area contributed by atoms with Gasteiger partial charge in [0.2, 0.25) is 0 Å². The topological polar surface area (TPSA) is 3.24 Å². The second-order valence-corrected chi connectivity index (χ2v) is 6.77. The van der Waals surface area contributed by atoms with Crippen molar-refractivity contribution < 1.29 is 0 Å². The molecule has 1 saturated heterocycles. The molecular weight excluding hydrogens is 349 g/mol. The maximum Gasteiger partial charge on any atom is 0.0617 e. The Labute approximate surface area is 155 Å². The molecule has 4 heteroatoms. The van der Waals surface area contributed by atoms with Crippen LogP contribution in [0.5, 0.6) is 0 Å². The molecule has 0 bridgehead atoms. The van der Waals surface area contributed by atoms with Crippen molar-refractivity contribution >= 4 is 35.6 Å². The Balaban J connectivity index is 0.00000192. The van der Waals surface area contributed by atoms with Gasteiger partial charge in [-0.05, 0) is 55.3 Å². The Hall–Kier alpha value is -0.730.